The second-order valence-corrected chi connectivity index (χ2v) is 6.59. The fourth-order valence-electron chi connectivity index (χ4n) is 3.60. The first-order chi connectivity index (χ1) is 10.8. The molecule has 2 aliphatic heterocycles. The predicted octanol–water partition coefficient (Wildman–Crippen LogP) is 2.86. The summed E-state index contributed by atoms with van der Waals surface area (Å²) in [7, 11) is 0. The number of rotatable bonds is 2. The van der Waals surface area contributed by atoms with E-state index in [1.54, 1.807) is 0 Å². The van der Waals surface area contributed by atoms with Gasteiger partial charge in [-0.1, -0.05) is 0 Å². The van der Waals surface area contributed by atoms with Gasteiger partial charge in [0.25, 0.3) is 0 Å². The average Bonchev–Trinajstić information content (AvgIpc) is 2.95. The highest BCUT2D eigenvalue weighted by molar-refractivity contribution is 5.43. The average molecular weight is 330 g/mol. The van der Waals surface area contributed by atoms with Gasteiger partial charge in [0.15, 0.2) is 0 Å². The standard InChI is InChI=1S/C16H21F3N2O2/c1-15(22)6-8-23-10-12(15)13-3-2-7-21(13)14-5-4-11(9-20-14)16(17,18)19/h4-5,9,12-13,22H,2-3,6-8,10H2,1H3/t12-,13-,15+/m1/s1. The van der Waals surface area contributed by atoms with Gasteiger partial charge in [-0.25, -0.2) is 4.98 Å². The van der Waals surface area contributed by atoms with E-state index < -0.39 is 17.3 Å². The number of hydrogen-bond acceptors (Lipinski definition) is 4. The van der Waals surface area contributed by atoms with Gasteiger partial charge in [-0.15, -0.1) is 0 Å². The summed E-state index contributed by atoms with van der Waals surface area (Å²) in [6.07, 6.45) is -1.12. The van der Waals surface area contributed by atoms with E-state index in [0.29, 0.717) is 25.5 Å². The van der Waals surface area contributed by atoms with Gasteiger partial charge < -0.3 is 14.7 Å². The van der Waals surface area contributed by atoms with Gasteiger partial charge in [-0.3, -0.25) is 0 Å². The summed E-state index contributed by atoms with van der Waals surface area (Å²) in [5.41, 5.74) is -1.57. The molecule has 1 aromatic heterocycles. The van der Waals surface area contributed by atoms with Gasteiger partial charge in [0.05, 0.1) is 17.8 Å². The van der Waals surface area contributed by atoms with Crippen LogP contribution in [0, 0.1) is 5.92 Å². The predicted molar refractivity (Wildman–Crippen MR) is 79.2 cm³/mol. The lowest BCUT2D eigenvalue weighted by Gasteiger charge is -2.43. The SMILES string of the molecule is C[C@]1(O)CCOC[C@@H]1[C@H]1CCCN1c1ccc(C(F)(F)F)cn1. The van der Waals surface area contributed by atoms with E-state index >= 15 is 0 Å². The number of alkyl halides is 3. The first kappa shape index (κ1) is 16.5. The molecule has 2 saturated heterocycles. The Bertz CT molecular complexity index is 545. The third kappa shape index (κ3) is 3.30. The number of ether oxygens (including phenoxy) is 1. The van der Waals surface area contributed by atoms with Gasteiger partial charge in [0, 0.05) is 31.3 Å². The van der Waals surface area contributed by atoms with Gasteiger partial charge in [-0.2, -0.15) is 13.2 Å². The lowest BCUT2D eigenvalue weighted by Crippen LogP contribution is -2.52. The van der Waals surface area contributed by atoms with Crippen LogP contribution in [0.3, 0.4) is 0 Å². The van der Waals surface area contributed by atoms with Crippen LogP contribution in [-0.2, 0) is 10.9 Å². The first-order valence-electron chi connectivity index (χ1n) is 7.89. The molecule has 2 aliphatic rings. The van der Waals surface area contributed by atoms with E-state index in [0.717, 1.165) is 31.6 Å². The number of hydrogen-bond donors (Lipinski definition) is 1. The van der Waals surface area contributed by atoms with Crippen molar-refractivity contribution >= 4 is 5.82 Å². The number of nitrogens with zero attached hydrogens (tertiary/aromatic N) is 2. The highest BCUT2D eigenvalue weighted by atomic mass is 19.4. The van der Waals surface area contributed by atoms with E-state index in [1.807, 2.05) is 11.8 Å². The number of anilines is 1. The van der Waals surface area contributed by atoms with Crippen molar-refractivity contribution in [3.05, 3.63) is 23.9 Å². The van der Waals surface area contributed by atoms with Gasteiger partial charge in [0.2, 0.25) is 0 Å². The van der Waals surface area contributed by atoms with Crippen LogP contribution in [0.1, 0.15) is 31.7 Å². The number of aliphatic hydroxyl groups is 1. The molecule has 7 heteroatoms. The molecule has 0 saturated carbocycles. The minimum Gasteiger partial charge on any atom is -0.390 e. The van der Waals surface area contributed by atoms with Crippen molar-refractivity contribution in [3.63, 3.8) is 0 Å². The topological polar surface area (TPSA) is 45.6 Å². The lowest BCUT2D eigenvalue weighted by molar-refractivity contribution is -0.137. The summed E-state index contributed by atoms with van der Waals surface area (Å²) in [5.74, 6) is 0.463. The second-order valence-electron chi connectivity index (χ2n) is 6.59. The number of aromatic nitrogens is 1. The van der Waals surface area contributed by atoms with Gasteiger partial charge >= 0.3 is 6.18 Å². The zero-order valence-electron chi connectivity index (χ0n) is 13.0. The van der Waals surface area contributed by atoms with Crippen LogP contribution in [-0.4, -0.2) is 41.5 Å². The van der Waals surface area contributed by atoms with E-state index in [2.05, 4.69) is 4.98 Å². The number of halogens is 3. The lowest BCUT2D eigenvalue weighted by atomic mass is 9.79. The van der Waals surface area contributed by atoms with Crippen LogP contribution in [0.2, 0.25) is 0 Å². The van der Waals surface area contributed by atoms with Crippen molar-refractivity contribution in [1.82, 2.24) is 4.98 Å². The Morgan fingerprint density at radius 1 is 1.39 bits per heavy atom. The van der Waals surface area contributed by atoms with Gasteiger partial charge in [0.1, 0.15) is 5.82 Å². The first-order valence-corrected chi connectivity index (χ1v) is 7.89. The molecule has 23 heavy (non-hydrogen) atoms. The molecule has 3 heterocycles. The molecular weight excluding hydrogens is 309 g/mol. The van der Waals surface area contributed by atoms with Crippen LogP contribution in [0.15, 0.2) is 18.3 Å². The highest BCUT2D eigenvalue weighted by Gasteiger charge is 2.44. The zero-order valence-corrected chi connectivity index (χ0v) is 13.0. The van der Waals surface area contributed by atoms with E-state index in [1.165, 1.54) is 6.07 Å². The molecule has 0 amide bonds. The molecule has 0 aliphatic carbocycles. The van der Waals surface area contributed by atoms with Crippen molar-refractivity contribution in [2.24, 2.45) is 5.92 Å². The summed E-state index contributed by atoms with van der Waals surface area (Å²) in [4.78, 5) is 6.01. The Labute approximate surface area is 133 Å². The zero-order chi connectivity index (χ0) is 16.7. The molecule has 0 radical (unpaired) electrons. The van der Waals surface area contributed by atoms with Crippen LogP contribution < -0.4 is 4.90 Å². The van der Waals surface area contributed by atoms with Crippen molar-refractivity contribution in [1.29, 1.82) is 0 Å². The summed E-state index contributed by atoms with van der Waals surface area (Å²) in [6.45, 7) is 3.55. The maximum atomic E-state index is 12.7. The molecule has 3 rings (SSSR count). The van der Waals surface area contributed by atoms with Gasteiger partial charge in [-0.05, 0) is 38.3 Å². The monoisotopic (exact) mass is 330 g/mol. The minimum atomic E-state index is -4.38. The second kappa shape index (κ2) is 5.94. The molecular formula is C16H21F3N2O2. The summed E-state index contributed by atoms with van der Waals surface area (Å²) in [6, 6.07) is 2.52. The van der Waals surface area contributed by atoms with Crippen LogP contribution >= 0.6 is 0 Å². The van der Waals surface area contributed by atoms with Crippen molar-refractivity contribution < 1.29 is 23.0 Å². The molecule has 4 nitrogen and oxygen atoms in total. The van der Waals surface area contributed by atoms with Crippen molar-refractivity contribution in [3.8, 4) is 0 Å². The molecule has 0 aromatic carbocycles. The molecule has 128 valence electrons. The normalized spacial score (nSPS) is 32.3. The molecule has 0 bridgehead atoms. The highest BCUT2D eigenvalue weighted by Crippen LogP contribution is 2.38. The van der Waals surface area contributed by atoms with E-state index in [-0.39, 0.29) is 12.0 Å². The van der Waals surface area contributed by atoms with E-state index in [9.17, 15) is 18.3 Å². The molecule has 3 atom stereocenters. The van der Waals surface area contributed by atoms with E-state index in [4.69, 9.17) is 4.74 Å². The minimum absolute atomic E-state index is 0.0366. The fraction of sp³-hybridized carbons (Fsp3) is 0.688. The van der Waals surface area contributed by atoms with Crippen molar-refractivity contribution in [2.45, 2.75) is 44.0 Å². The third-order valence-electron chi connectivity index (χ3n) is 4.98. The molecule has 1 N–H and O–H groups in total. The van der Waals surface area contributed by atoms with Crippen LogP contribution in [0.5, 0.6) is 0 Å². The van der Waals surface area contributed by atoms with Crippen LogP contribution in [0.25, 0.3) is 0 Å². The molecule has 0 spiro atoms. The Balaban J connectivity index is 1.81. The summed E-state index contributed by atoms with van der Waals surface area (Å²) >= 11 is 0. The summed E-state index contributed by atoms with van der Waals surface area (Å²) in [5, 5.41) is 10.6. The Morgan fingerprint density at radius 2 is 2.17 bits per heavy atom. The maximum Gasteiger partial charge on any atom is 0.417 e. The fourth-order valence-corrected chi connectivity index (χ4v) is 3.60. The maximum absolute atomic E-state index is 12.7. The molecule has 1 aromatic rings. The summed E-state index contributed by atoms with van der Waals surface area (Å²) < 4.78 is 43.5. The molecule has 0 unspecified atom stereocenters. The quantitative estimate of drug-likeness (QED) is 0.906. The molecule has 2 fully saturated rings. The Morgan fingerprint density at radius 3 is 2.78 bits per heavy atom. The Hall–Kier alpha value is -1.34. The largest absolute Gasteiger partial charge is 0.417 e. The number of pyridine rings is 1. The van der Waals surface area contributed by atoms with Crippen LogP contribution in [0.4, 0.5) is 19.0 Å². The smallest absolute Gasteiger partial charge is 0.390 e. The third-order valence-corrected chi connectivity index (χ3v) is 4.98. The Kier molecular flexibility index (Phi) is 4.27. The van der Waals surface area contributed by atoms with Crippen molar-refractivity contribution in [2.75, 3.05) is 24.7 Å².